The fourth-order valence-electron chi connectivity index (χ4n) is 2.89. The highest BCUT2D eigenvalue weighted by atomic mass is 16.3. The second-order valence-electron chi connectivity index (χ2n) is 6.00. The first-order chi connectivity index (χ1) is 12.6. The SMILES string of the molecule is CCCN1C(=O)C(=Cc2ccc(-c3ccccc3)o2)C(C)=C(C#N)C1=O. The zero-order valence-electron chi connectivity index (χ0n) is 14.7. The number of imide groups is 1. The molecule has 0 spiro atoms. The highest BCUT2D eigenvalue weighted by Gasteiger charge is 2.34. The van der Waals surface area contributed by atoms with Gasteiger partial charge in [-0.2, -0.15) is 5.26 Å². The summed E-state index contributed by atoms with van der Waals surface area (Å²) in [6.45, 7) is 3.77. The number of benzene rings is 1. The molecule has 1 aromatic heterocycles. The minimum absolute atomic E-state index is 0.000797. The minimum atomic E-state index is -0.529. The van der Waals surface area contributed by atoms with E-state index in [4.69, 9.17) is 4.42 Å². The molecule has 0 saturated carbocycles. The van der Waals surface area contributed by atoms with Gasteiger partial charge >= 0.3 is 0 Å². The standard InChI is InChI=1S/C21H18N2O3/c1-3-11-23-20(24)17(14(2)18(13-22)21(23)25)12-16-9-10-19(26-16)15-7-5-4-6-8-15/h4-10,12H,3,11H2,1-2H3. The third-order valence-electron chi connectivity index (χ3n) is 4.24. The Balaban J connectivity index is 2.03. The Labute approximate surface area is 151 Å². The summed E-state index contributed by atoms with van der Waals surface area (Å²) < 4.78 is 5.82. The minimum Gasteiger partial charge on any atom is -0.457 e. The summed E-state index contributed by atoms with van der Waals surface area (Å²) in [5.41, 5.74) is 1.62. The molecule has 0 unspecified atom stereocenters. The van der Waals surface area contributed by atoms with Crippen LogP contribution in [0.3, 0.4) is 0 Å². The van der Waals surface area contributed by atoms with Crippen LogP contribution in [0.25, 0.3) is 17.4 Å². The smallest absolute Gasteiger partial charge is 0.271 e. The first-order valence-electron chi connectivity index (χ1n) is 8.41. The van der Waals surface area contributed by atoms with Crippen molar-refractivity contribution in [2.24, 2.45) is 0 Å². The largest absolute Gasteiger partial charge is 0.457 e. The van der Waals surface area contributed by atoms with Crippen LogP contribution in [0.4, 0.5) is 0 Å². The van der Waals surface area contributed by atoms with Crippen LogP contribution in [0.2, 0.25) is 0 Å². The van der Waals surface area contributed by atoms with Gasteiger partial charge in [0.25, 0.3) is 11.8 Å². The molecular weight excluding hydrogens is 328 g/mol. The third-order valence-corrected chi connectivity index (χ3v) is 4.24. The van der Waals surface area contributed by atoms with Gasteiger partial charge < -0.3 is 4.42 Å². The lowest BCUT2D eigenvalue weighted by Gasteiger charge is -2.26. The zero-order valence-corrected chi connectivity index (χ0v) is 14.7. The molecule has 1 aromatic carbocycles. The molecule has 3 rings (SSSR count). The first kappa shape index (κ1) is 17.4. The van der Waals surface area contributed by atoms with Crippen molar-refractivity contribution in [1.82, 2.24) is 4.90 Å². The van der Waals surface area contributed by atoms with Crippen molar-refractivity contribution in [3.05, 3.63) is 64.9 Å². The normalized spacial score (nSPS) is 16.3. The van der Waals surface area contributed by atoms with Gasteiger partial charge in [0.15, 0.2) is 0 Å². The molecule has 0 fully saturated rings. The van der Waals surface area contributed by atoms with E-state index in [1.165, 1.54) is 0 Å². The third kappa shape index (κ3) is 3.09. The molecule has 130 valence electrons. The Morgan fingerprint density at radius 3 is 2.50 bits per heavy atom. The molecule has 0 radical (unpaired) electrons. The zero-order chi connectivity index (χ0) is 18.7. The lowest BCUT2D eigenvalue weighted by Crippen LogP contribution is -2.43. The van der Waals surface area contributed by atoms with Crippen LogP contribution in [-0.2, 0) is 9.59 Å². The number of amides is 2. The van der Waals surface area contributed by atoms with Gasteiger partial charge in [0.2, 0.25) is 0 Å². The second-order valence-corrected chi connectivity index (χ2v) is 6.00. The van der Waals surface area contributed by atoms with Gasteiger partial charge in [-0.1, -0.05) is 37.3 Å². The van der Waals surface area contributed by atoms with Crippen LogP contribution in [-0.4, -0.2) is 23.3 Å². The summed E-state index contributed by atoms with van der Waals surface area (Å²) in [7, 11) is 0. The maximum atomic E-state index is 12.7. The van der Waals surface area contributed by atoms with Crippen molar-refractivity contribution >= 4 is 17.9 Å². The van der Waals surface area contributed by atoms with Gasteiger partial charge in [-0.25, -0.2) is 0 Å². The molecule has 2 aromatic rings. The first-order valence-corrected chi connectivity index (χ1v) is 8.41. The summed E-state index contributed by atoms with van der Waals surface area (Å²) in [6, 6.07) is 15.1. The van der Waals surface area contributed by atoms with Crippen molar-refractivity contribution in [3.8, 4) is 17.4 Å². The molecule has 2 heterocycles. The number of furan rings is 1. The van der Waals surface area contributed by atoms with Crippen LogP contribution in [0.5, 0.6) is 0 Å². The van der Waals surface area contributed by atoms with E-state index in [1.807, 2.05) is 49.4 Å². The monoisotopic (exact) mass is 346 g/mol. The molecule has 5 heteroatoms. The van der Waals surface area contributed by atoms with E-state index in [0.29, 0.717) is 29.1 Å². The predicted molar refractivity (Wildman–Crippen MR) is 97.4 cm³/mol. The van der Waals surface area contributed by atoms with Crippen molar-refractivity contribution in [3.63, 3.8) is 0 Å². The number of nitrogens with zero attached hydrogens (tertiary/aromatic N) is 2. The molecule has 2 amide bonds. The molecule has 0 N–H and O–H groups in total. The summed E-state index contributed by atoms with van der Waals surface area (Å²) in [5, 5.41) is 9.32. The Kier molecular flexibility index (Phi) is 4.85. The fourth-order valence-corrected chi connectivity index (χ4v) is 2.89. The van der Waals surface area contributed by atoms with E-state index in [-0.39, 0.29) is 12.1 Å². The molecule has 0 atom stereocenters. The molecule has 1 aliphatic rings. The van der Waals surface area contributed by atoms with E-state index in [1.54, 1.807) is 19.1 Å². The van der Waals surface area contributed by atoms with E-state index in [9.17, 15) is 14.9 Å². The van der Waals surface area contributed by atoms with Gasteiger partial charge in [-0.15, -0.1) is 0 Å². The van der Waals surface area contributed by atoms with Gasteiger partial charge in [-0.3, -0.25) is 14.5 Å². The number of hydrogen-bond acceptors (Lipinski definition) is 4. The topological polar surface area (TPSA) is 74.3 Å². The highest BCUT2D eigenvalue weighted by molar-refractivity contribution is 6.19. The van der Waals surface area contributed by atoms with Crippen LogP contribution in [0.1, 0.15) is 26.0 Å². The Morgan fingerprint density at radius 2 is 1.85 bits per heavy atom. The lowest BCUT2D eigenvalue weighted by molar-refractivity contribution is -0.140. The number of rotatable bonds is 4. The Bertz CT molecular complexity index is 959. The van der Waals surface area contributed by atoms with E-state index in [0.717, 1.165) is 10.5 Å². The van der Waals surface area contributed by atoms with Crippen LogP contribution >= 0.6 is 0 Å². The number of carbonyl (C=O) groups excluding carboxylic acids is 2. The molecule has 0 saturated heterocycles. The van der Waals surface area contributed by atoms with Crippen molar-refractivity contribution in [2.45, 2.75) is 20.3 Å². The number of hydrogen-bond donors (Lipinski definition) is 0. The van der Waals surface area contributed by atoms with E-state index < -0.39 is 11.8 Å². The quantitative estimate of drug-likeness (QED) is 0.620. The van der Waals surface area contributed by atoms with E-state index in [2.05, 4.69) is 0 Å². The van der Waals surface area contributed by atoms with Crippen molar-refractivity contribution < 1.29 is 14.0 Å². The van der Waals surface area contributed by atoms with Crippen LogP contribution in [0.15, 0.2) is 63.6 Å². The van der Waals surface area contributed by atoms with Gasteiger partial charge in [-0.05, 0) is 37.1 Å². The molecule has 0 bridgehead atoms. The van der Waals surface area contributed by atoms with Crippen molar-refractivity contribution in [1.29, 1.82) is 5.26 Å². The highest BCUT2D eigenvalue weighted by Crippen LogP contribution is 2.29. The maximum absolute atomic E-state index is 12.7. The number of nitriles is 1. The fraction of sp³-hybridized carbons (Fsp3) is 0.190. The molecule has 1 aliphatic heterocycles. The number of carbonyl (C=O) groups is 2. The predicted octanol–water partition coefficient (Wildman–Crippen LogP) is 3.95. The van der Waals surface area contributed by atoms with Gasteiger partial charge in [0.05, 0.1) is 0 Å². The average Bonchev–Trinajstić information content (AvgIpc) is 3.12. The summed E-state index contributed by atoms with van der Waals surface area (Å²) in [5.74, 6) is 0.253. The van der Waals surface area contributed by atoms with Crippen LogP contribution < -0.4 is 0 Å². The van der Waals surface area contributed by atoms with Crippen molar-refractivity contribution in [2.75, 3.05) is 6.54 Å². The maximum Gasteiger partial charge on any atom is 0.271 e. The van der Waals surface area contributed by atoms with Gasteiger partial charge in [0, 0.05) is 17.7 Å². The summed E-state index contributed by atoms with van der Waals surface area (Å²) in [4.78, 5) is 26.2. The van der Waals surface area contributed by atoms with Crippen LogP contribution in [0, 0.1) is 11.3 Å². The Hall–Kier alpha value is -3.39. The lowest BCUT2D eigenvalue weighted by atomic mass is 9.94. The molecular formula is C21H18N2O3. The molecule has 0 aliphatic carbocycles. The molecule has 5 nitrogen and oxygen atoms in total. The Morgan fingerprint density at radius 1 is 1.12 bits per heavy atom. The second kappa shape index (κ2) is 7.24. The average molecular weight is 346 g/mol. The van der Waals surface area contributed by atoms with E-state index >= 15 is 0 Å². The van der Waals surface area contributed by atoms with Gasteiger partial charge in [0.1, 0.15) is 23.2 Å². The molecule has 26 heavy (non-hydrogen) atoms. The summed E-state index contributed by atoms with van der Waals surface area (Å²) >= 11 is 0. The summed E-state index contributed by atoms with van der Waals surface area (Å²) in [6.07, 6.45) is 2.22.